The number of alkyl halides is 2. The Morgan fingerprint density at radius 1 is 1.23 bits per heavy atom. The number of benzene rings is 1. The standard InChI is InChI=1S/C10H10F2O/c1-7(11)9(12)10(13)8-5-3-2-4-6-8/h2-7,9H,1H3. The Kier molecular flexibility index (Phi) is 3.12. The average Bonchev–Trinajstić information content (AvgIpc) is 2.17. The van der Waals surface area contributed by atoms with E-state index in [0.717, 1.165) is 6.92 Å². The monoisotopic (exact) mass is 184 g/mol. The number of halogens is 2. The second kappa shape index (κ2) is 4.12. The third-order valence-corrected chi connectivity index (χ3v) is 1.71. The van der Waals surface area contributed by atoms with Crippen LogP contribution < -0.4 is 0 Å². The Morgan fingerprint density at radius 3 is 2.23 bits per heavy atom. The summed E-state index contributed by atoms with van der Waals surface area (Å²) in [4.78, 5) is 11.2. The molecule has 1 rings (SSSR count). The van der Waals surface area contributed by atoms with Gasteiger partial charge in [-0.25, -0.2) is 8.78 Å². The van der Waals surface area contributed by atoms with Crippen molar-refractivity contribution in [2.45, 2.75) is 19.3 Å². The van der Waals surface area contributed by atoms with Gasteiger partial charge in [0.1, 0.15) is 6.17 Å². The van der Waals surface area contributed by atoms with Crippen molar-refractivity contribution in [1.82, 2.24) is 0 Å². The largest absolute Gasteiger partial charge is 0.291 e. The third kappa shape index (κ3) is 2.34. The van der Waals surface area contributed by atoms with Gasteiger partial charge in [0.25, 0.3) is 0 Å². The zero-order valence-corrected chi connectivity index (χ0v) is 7.21. The minimum Gasteiger partial charge on any atom is -0.291 e. The first kappa shape index (κ1) is 9.84. The van der Waals surface area contributed by atoms with Crippen molar-refractivity contribution >= 4 is 5.78 Å². The van der Waals surface area contributed by atoms with Gasteiger partial charge < -0.3 is 0 Å². The molecule has 3 heteroatoms. The molecule has 2 atom stereocenters. The summed E-state index contributed by atoms with van der Waals surface area (Å²) in [5.41, 5.74) is 0.208. The fraction of sp³-hybridized carbons (Fsp3) is 0.300. The molecule has 70 valence electrons. The zero-order chi connectivity index (χ0) is 9.84. The molecule has 13 heavy (non-hydrogen) atoms. The fourth-order valence-corrected chi connectivity index (χ4v) is 0.970. The Bertz CT molecular complexity index is 282. The topological polar surface area (TPSA) is 17.1 Å². The number of hydrogen-bond donors (Lipinski definition) is 0. The van der Waals surface area contributed by atoms with E-state index in [1.54, 1.807) is 18.2 Å². The van der Waals surface area contributed by atoms with Crippen molar-refractivity contribution in [3.63, 3.8) is 0 Å². The summed E-state index contributed by atoms with van der Waals surface area (Å²) >= 11 is 0. The van der Waals surface area contributed by atoms with Crippen molar-refractivity contribution in [2.24, 2.45) is 0 Å². The summed E-state index contributed by atoms with van der Waals surface area (Å²) in [6, 6.07) is 7.88. The molecule has 0 amide bonds. The van der Waals surface area contributed by atoms with Crippen LogP contribution in [0.3, 0.4) is 0 Å². The maximum Gasteiger partial charge on any atom is 0.199 e. The number of ketones is 1. The third-order valence-electron chi connectivity index (χ3n) is 1.71. The number of carbonyl (C=O) groups excluding carboxylic acids is 1. The molecule has 0 aliphatic rings. The summed E-state index contributed by atoms with van der Waals surface area (Å²) in [7, 11) is 0. The number of hydrogen-bond acceptors (Lipinski definition) is 1. The summed E-state index contributed by atoms with van der Waals surface area (Å²) in [5.74, 6) is -0.796. The van der Waals surface area contributed by atoms with E-state index in [1.165, 1.54) is 12.1 Å². The van der Waals surface area contributed by atoms with Gasteiger partial charge in [0.05, 0.1) is 0 Å². The summed E-state index contributed by atoms with van der Waals surface area (Å²) in [6.07, 6.45) is -3.81. The van der Waals surface area contributed by atoms with Gasteiger partial charge in [-0.2, -0.15) is 0 Å². The lowest BCUT2D eigenvalue weighted by Gasteiger charge is -2.07. The van der Waals surface area contributed by atoms with E-state index in [0.29, 0.717) is 0 Å². The molecule has 0 heterocycles. The highest BCUT2D eigenvalue weighted by atomic mass is 19.2. The maximum atomic E-state index is 12.9. The van der Waals surface area contributed by atoms with Gasteiger partial charge in [-0.05, 0) is 6.92 Å². The molecule has 0 saturated carbocycles. The van der Waals surface area contributed by atoms with Crippen LogP contribution in [-0.4, -0.2) is 18.1 Å². The smallest absolute Gasteiger partial charge is 0.199 e. The average molecular weight is 184 g/mol. The molecule has 0 radical (unpaired) electrons. The van der Waals surface area contributed by atoms with E-state index in [4.69, 9.17) is 0 Å². The molecule has 1 aromatic carbocycles. The molecule has 1 aromatic rings. The summed E-state index contributed by atoms with van der Waals surface area (Å²) < 4.78 is 25.3. The molecular weight excluding hydrogens is 174 g/mol. The predicted molar refractivity (Wildman–Crippen MR) is 46.2 cm³/mol. The molecule has 0 aliphatic heterocycles. The lowest BCUT2D eigenvalue weighted by molar-refractivity contribution is 0.0781. The Hall–Kier alpha value is -1.25. The van der Waals surface area contributed by atoms with Crippen molar-refractivity contribution in [3.8, 4) is 0 Å². The van der Waals surface area contributed by atoms with Crippen LogP contribution in [0.25, 0.3) is 0 Å². The zero-order valence-electron chi connectivity index (χ0n) is 7.21. The fourth-order valence-electron chi connectivity index (χ4n) is 0.970. The summed E-state index contributed by atoms with van der Waals surface area (Å²) in [5, 5.41) is 0. The first-order valence-corrected chi connectivity index (χ1v) is 4.00. The Morgan fingerprint density at radius 2 is 1.77 bits per heavy atom. The molecule has 0 spiro atoms. The predicted octanol–water partition coefficient (Wildman–Crippen LogP) is 2.57. The van der Waals surface area contributed by atoms with E-state index in [-0.39, 0.29) is 5.56 Å². The van der Waals surface area contributed by atoms with Gasteiger partial charge >= 0.3 is 0 Å². The van der Waals surface area contributed by atoms with E-state index in [2.05, 4.69) is 0 Å². The molecule has 0 N–H and O–H groups in total. The molecule has 0 aromatic heterocycles. The molecular formula is C10H10F2O. The molecule has 1 nitrogen and oxygen atoms in total. The van der Waals surface area contributed by atoms with Gasteiger partial charge in [-0.15, -0.1) is 0 Å². The van der Waals surface area contributed by atoms with Crippen molar-refractivity contribution in [3.05, 3.63) is 35.9 Å². The normalized spacial score (nSPS) is 15.0. The molecule has 0 fully saturated rings. The van der Waals surface area contributed by atoms with Gasteiger partial charge in [0, 0.05) is 5.56 Å². The quantitative estimate of drug-likeness (QED) is 0.660. The number of rotatable bonds is 3. The number of Topliss-reactive ketones (excluding diaryl/α,β-unsaturated/α-hetero) is 1. The second-order valence-corrected chi connectivity index (χ2v) is 2.81. The van der Waals surface area contributed by atoms with Crippen molar-refractivity contribution < 1.29 is 13.6 Å². The maximum absolute atomic E-state index is 12.9. The lowest BCUT2D eigenvalue weighted by atomic mass is 10.1. The summed E-state index contributed by atoms with van der Waals surface area (Å²) in [6.45, 7) is 1.03. The van der Waals surface area contributed by atoms with E-state index in [9.17, 15) is 13.6 Å². The molecule has 0 bridgehead atoms. The van der Waals surface area contributed by atoms with Gasteiger partial charge in [0.2, 0.25) is 0 Å². The van der Waals surface area contributed by atoms with Crippen molar-refractivity contribution in [1.29, 1.82) is 0 Å². The van der Waals surface area contributed by atoms with Gasteiger partial charge in [-0.1, -0.05) is 30.3 Å². The van der Waals surface area contributed by atoms with Crippen LogP contribution >= 0.6 is 0 Å². The SMILES string of the molecule is CC(F)C(F)C(=O)c1ccccc1. The van der Waals surface area contributed by atoms with Crippen LogP contribution in [0.4, 0.5) is 8.78 Å². The van der Waals surface area contributed by atoms with Crippen LogP contribution in [0.15, 0.2) is 30.3 Å². The van der Waals surface area contributed by atoms with Crippen LogP contribution in [-0.2, 0) is 0 Å². The minimum atomic E-state index is -2.05. The van der Waals surface area contributed by atoms with Gasteiger partial charge in [-0.3, -0.25) is 4.79 Å². The van der Waals surface area contributed by atoms with Crippen LogP contribution in [0, 0.1) is 0 Å². The Labute approximate surface area is 75.4 Å². The first-order chi connectivity index (χ1) is 6.13. The van der Waals surface area contributed by atoms with Crippen LogP contribution in [0.1, 0.15) is 17.3 Å². The van der Waals surface area contributed by atoms with E-state index < -0.39 is 18.1 Å². The highest BCUT2D eigenvalue weighted by Gasteiger charge is 2.24. The van der Waals surface area contributed by atoms with Crippen LogP contribution in [0.5, 0.6) is 0 Å². The minimum absolute atomic E-state index is 0.208. The number of carbonyl (C=O) groups is 1. The lowest BCUT2D eigenvalue weighted by Crippen LogP contribution is -2.24. The first-order valence-electron chi connectivity index (χ1n) is 4.00. The van der Waals surface area contributed by atoms with E-state index in [1.807, 2.05) is 0 Å². The Balaban J connectivity index is 2.80. The van der Waals surface area contributed by atoms with E-state index >= 15 is 0 Å². The van der Waals surface area contributed by atoms with Crippen LogP contribution in [0.2, 0.25) is 0 Å². The second-order valence-electron chi connectivity index (χ2n) is 2.81. The highest BCUT2D eigenvalue weighted by Crippen LogP contribution is 2.11. The van der Waals surface area contributed by atoms with Crippen molar-refractivity contribution in [2.75, 3.05) is 0 Å². The molecule has 0 saturated heterocycles. The molecule has 2 unspecified atom stereocenters. The highest BCUT2D eigenvalue weighted by molar-refractivity contribution is 5.99. The molecule has 0 aliphatic carbocycles. The van der Waals surface area contributed by atoms with Gasteiger partial charge in [0.15, 0.2) is 12.0 Å².